The predicted octanol–water partition coefficient (Wildman–Crippen LogP) is 5.46. The van der Waals surface area contributed by atoms with E-state index in [4.69, 9.17) is 28.5 Å². The van der Waals surface area contributed by atoms with Gasteiger partial charge in [0.2, 0.25) is 5.28 Å². The van der Waals surface area contributed by atoms with Crippen LogP contribution in [-0.4, -0.2) is 52.6 Å². The third-order valence-corrected chi connectivity index (χ3v) is 6.77. The molecular weight excluding hydrogens is 481 g/mol. The van der Waals surface area contributed by atoms with Crippen molar-refractivity contribution in [2.24, 2.45) is 0 Å². The maximum Gasteiger partial charge on any atom is 0.225 e. The topological polar surface area (TPSA) is 68.9 Å². The molecule has 0 saturated carbocycles. The van der Waals surface area contributed by atoms with E-state index in [2.05, 4.69) is 25.9 Å². The molecule has 0 radical (unpaired) electrons. The number of pyridine rings is 1. The molecule has 1 saturated heterocycles. The first-order valence-electron chi connectivity index (χ1n) is 10.6. The molecule has 0 amide bonds. The van der Waals surface area contributed by atoms with Crippen molar-refractivity contribution in [1.82, 2.24) is 19.9 Å². The second-order valence-corrected chi connectivity index (χ2v) is 8.92. The van der Waals surface area contributed by atoms with E-state index in [9.17, 15) is 4.39 Å². The number of hydrogen-bond acceptors (Lipinski definition) is 6. The summed E-state index contributed by atoms with van der Waals surface area (Å²) >= 11 is 12.5. The van der Waals surface area contributed by atoms with Crippen molar-refractivity contribution < 1.29 is 8.78 Å². The van der Waals surface area contributed by atoms with Crippen LogP contribution >= 0.6 is 23.2 Å². The molecule has 5 rings (SSSR count). The first kappa shape index (κ1) is 22.7. The highest BCUT2D eigenvalue weighted by Gasteiger charge is 2.28. The molecule has 1 atom stereocenters. The van der Waals surface area contributed by atoms with Gasteiger partial charge in [-0.1, -0.05) is 35.9 Å². The number of nitriles is 1. The molecule has 172 valence electrons. The summed E-state index contributed by atoms with van der Waals surface area (Å²) in [6, 6.07) is 10.2. The molecule has 10 heteroatoms. The first-order valence-corrected chi connectivity index (χ1v) is 11.4. The molecular formula is C24H18Cl2F2N6. The van der Waals surface area contributed by atoms with Gasteiger partial charge in [-0.25, -0.2) is 13.8 Å². The summed E-state index contributed by atoms with van der Waals surface area (Å²) < 4.78 is 30.1. The third kappa shape index (κ3) is 3.80. The Bertz CT molecular complexity index is 1470. The highest BCUT2D eigenvalue weighted by atomic mass is 35.5. The Hall–Kier alpha value is -3.12. The average Bonchev–Trinajstić information content (AvgIpc) is 2.83. The van der Waals surface area contributed by atoms with E-state index in [0.29, 0.717) is 53.6 Å². The lowest BCUT2D eigenvalue weighted by molar-refractivity contribution is 0.221. The molecule has 0 spiro atoms. The molecule has 0 aliphatic carbocycles. The summed E-state index contributed by atoms with van der Waals surface area (Å²) in [5.41, 5.74) is 0.360. The highest BCUT2D eigenvalue weighted by molar-refractivity contribution is 6.36. The molecule has 34 heavy (non-hydrogen) atoms. The Balaban J connectivity index is 1.67. The first-order chi connectivity index (χ1) is 16.4. The number of anilines is 1. The van der Waals surface area contributed by atoms with Gasteiger partial charge in [0.05, 0.1) is 22.9 Å². The van der Waals surface area contributed by atoms with Gasteiger partial charge >= 0.3 is 0 Å². The van der Waals surface area contributed by atoms with Crippen LogP contribution in [0.15, 0.2) is 36.5 Å². The van der Waals surface area contributed by atoms with Crippen molar-refractivity contribution in [2.45, 2.75) is 12.5 Å². The molecule has 0 bridgehead atoms. The monoisotopic (exact) mass is 498 g/mol. The second kappa shape index (κ2) is 8.91. The molecule has 0 N–H and O–H groups in total. The lowest BCUT2D eigenvalue weighted by Gasteiger charge is -2.39. The number of aromatic nitrogens is 3. The molecule has 2 aromatic heterocycles. The Kier molecular flexibility index (Phi) is 5.94. The zero-order valence-electron chi connectivity index (χ0n) is 18.1. The van der Waals surface area contributed by atoms with E-state index in [1.54, 1.807) is 24.3 Å². The number of likely N-dealkylation sites (N-methyl/N-ethyl adjacent to an activating group) is 1. The van der Waals surface area contributed by atoms with E-state index in [-0.39, 0.29) is 27.6 Å². The third-order valence-electron chi connectivity index (χ3n) is 6.23. The van der Waals surface area contributed by atoms with Gasteiger partial charge in [0, 0.05) is 42.8 Å². The maximum atomic E-state index is 15.9. The Morgan fingerprint density at radius 1 is 1.15 bits per heavy atom. The lowest BCUT2D eigenvalue weighted by atomic mass is 10.0. The van der Waals surface area contributed by atoms with Crippen LogP contribution < -0.4 is 4.90 Å². The quantitative estimate of drug-likeness (QED) is 0.349. The summed E-state index contributed by atoms with van der Waals surface area (Å²) in [6.45, 7) is 1.88. The smallest absolute Gasteiger partial charge is 0.225 e. The fourth-order valence-corrected chi connectivity index (χ4v) is 4.85. The van der Waals surface area contributed by atoms with Crippen LogP contribution in [0, 0.1) is 23.0 Å². The van der Waals surface area contributed by atoms with Crippen LogP contribution in [0.3, 0.4) is 0 Å². The SMILES string of the molecule is CN1CCN(c2nc(Cl)nc3c(F)c(-c4cccc5ccc(F)c(Cl)c45)ncc23)C[C@@H]1CC#N. The van der Waals surface area contributed by atoms with E-state index >= 15 is 4.39 Å². The summed E-state index contributed by atoms with van der Waals surface area (Å²) in [5, 5.41) is 10.4. The zero-order valence-corrected chi connectivity index (χ0v) is 19.6. The van der Waals surface area contributed by atoms with Crippen molar-refractivity contribution in [3.8, 4) is 17.3 Å². The molecule has 3 heterocycles. The van der Waals surface area contributed by atoms with Gasteiger partial charge in [0.25, 0.3) is 0 Å². The fourth-order valence-electron chi connectivity index (χ4n) is 4.42. The van der Waals surface area contributed by atoms with Gasteiger partial charge in [-0.2, -0.15) is 10.2 Å². The molecule has 1 aliphatic heterocycles. The number of hydrogen-bond donors (Lipinski definition) is 0. The zero-order chi connectivity index (χ0) is 24.0. The Morgan fingerprint density at radius 2 is 1.97 bits per heavy atom. The number of halogens is 4. The molecule has 4 aromatic rings. The largest absolute Gasteiger partial charge is 0.353 e. The standard InChI is InChI=1S/C24H18Cl2F2N6/c1-33-9-10-34(12-14(33)7-8-29)23-16-11-30-21(20(28)22(16)31-24(26)32-23)15-4-2-3-13-5-6-17(27)19(25)18(13)15/h2-6,11,14H,7,9-10,12H2,1H3/t14-/m0/s1. The fraction of sp³-hybridized carbons (Fsp3) is 0.250. The minimum Gasteiger partial charge on any atom is -0.353 e. The van der Waals surface area contributed by atoms with Gasteiger partial charge in [-0.05, 0) is 30.1 Å². The number of nitrogens with zero attached hydrogens (tertiary/aromatic N) is 6. The minimum absolute atomic E-state index is 0.00680. The normalized spacial score (nSPS) is 16.8. The molecule has 1 fully saturated rings. The van der Waals surface area contributed by atoms with E-state index in [1.165, 1.54) is 12.3 Å². The van der Waals surface area contributed by atoms with Gasteiger partial charge in [0.15, 0.2) is 5.82 Å². The van der Waals surface area contributed by atoms with Crippen LogP contribution in [0.4, 0.5) is 14.6 Å². The van der Waals surface area contributed by atoms with Gasteiger partial charge in [-0.3, -0.25) is 9.88 Å². The summed E-state index contributed by atoms with van der Waals surface area (Å²) in [7, 11) is 1.97. The average molecular weight is 499 g/mol. The van der Waals surface area contributed by atoms with Gasteiger partial charge in [-0.15, -0.1) is 0 Å². The van der Waals surface area contributed by atoms with Crippen LogP contribution in [0.25, 0.3) is 32.9 Å². The Morgan fingerprint density at radius 3 is 2.76 bits per heavy atom. The Labute approximate surface area is 204 Å². The minimum atomic E-state index is -0.696. The molecule has 0 unspecified atom stereocenters. The number of benzene rings is 2. The predicted molar refractivity (Wildman–Crippen MR) is 129 cm³/mol. The van der Waals surface area contributed by atoms with Gasteiger partial charge in [0.1, 0.15) is 22.8 Å². The van der Waals surface area contributed by atoms with Crippen molar-refractivity contribution >= 4 is 50.7 Å². The van der Waals surface area contributed by atoms with Crippen molar-refractivity contribution in [1.29, 1.82) is 5.26 Å². The molecule has 6 nitrogen and oxygen atoms in total. The van der Waals surface area contributed by atoms with E-state index in [1.807, 2.05) is 11.9 Å². The van der Waals surface area contributed by atoms with Crippen LogP contribution in [0.1, 0.15) is 6.42 Å². The maximum absolute atomic E-state index is 15.9. The number of rotatable bonds is 3. The van der Waals surface area contributed by atoms with Crippen molar-refractivity contribution in [2.75, 3.05) is 31.6 Å². The summed E-state index contributed by atoms with van der Waals surface area (Å²) in [5.74, 6) is -0.831. The van der Waals surface area contributed by atoms with Gasteiger partial charge < -0.3 is 4.90 Å². The summed E-state index contributed by atoms with van der Waals surface area (Å²) in [4.78, 5) is 17.0. The number of fused-ring (bicyclic) bond motifs is 2. The van der Waals surface area contributed by atoms with Crippen LogP contribution in [0.2, 0.25) is 10.3 Å². The second-order valence-electron chi connectivity index (χ2n) is 8.21. The summed E-state index contributed by atoms with van der Waals surface area (Å²) in [6.07, 6.45) is 1.86. The van der Waals surface area contributed by atoms with Crippen LogP contribution in [0.5, 0.6) is 0 Å². The van der Waals surface area contributed by atoms with E-state index in [0.717, 1.165) is 0 Å². The molecule has 2 aromatic carbocycles. The molecule has 1 aliphatic rings. The van der Waals surface area contributed by atoms with Crippen molar-refractivity contribution in [3.63, 3.8) is 0 Å². The lowest BCUT2D eigenvalue weighted by Crippen LogP contribution is -2.51. The number of piperazine rings is 1. The van der Waals surface area contributed by atoms with Crippen molar-refractivity contribution in [3.05, 3.63) is 58.5 Å². The highest BCUT2D eigenvalue weighted by Crippen LogP contribution is 2.38. The van der Waals surface area contributed by atoms with E-state index < -0.39 is 11.6 Å². The van der Waals surface area contributed by atoms with Crippen LogP contribution in [-0.2, 0) is 0 Å².